The maximum atomic E-state index is 13.0. The third-order valence-electron chi connectivity index (χ3n) is 2.50. The molecule has 0 atom stereocenters. The topological polar surface area (TPSA) is 34.0 Å². The Bertz CT molecular complexity index is 598. The van der Waals surface area contributed by atoms with Gasteiger partial charge in [-0.2, -0.15) is 0 Å². The van der Waals surface area contributed by atoms with E-state index in [1.54, 1.807) is 29.0 Å². The number of halogens is 2. The highest BCUT2D eigenvalue weighted by atomic mass is 79.9. The third kappa shape index (κ3) is 3.20. The van der Waals surface area contributed by atoms with Crippen LogP contribution in [0.15, 0.2) is 51.9 Å². The molecule has 5 heteroatoms. The molecule has 0 fully saturated rings. The second kappa shape index (κ2) is 5.82. The van der Waals surface area contributed by atoms with Crippen molar-refractivity contribution in [3.63, 3.8) is 0 Å². The molecule has 94 valence electrons. The number of nitrogens with one attached hydrogen (secondary N) is 1. The average Bonchev–Trinajstić information content (AvgIpc) is 2.36. The van der Waals surface area contributed by atoms with Gasteiger partial charge in [0.1, 0.15) is 5.82 Å². The lowest BCUT2D eigenvalue weighted by Crippen LogP contribution is -2.22. The van der Waals surface area contributed by atoms with Crippen molar-refractivity contribution in [2.75, 3.05) is 11.9 Å². The molecule has 1 aromatic carbocycles. The molecule has 0 aliphatic carbocycles. The van der Waals surface area contributed by atoms with Gasteiger partial charge in [0.05, 0.1) is 5.69 Å². The first-order valence-electron chi connectivity index (χ1n) is 5.51. The van der Waals surface area contributed by atoms with Crippen molar-refractivity contribution in [3.05, 3.63) is 63.2 Å². The molecule has 0 unspecified atom stereocenters. The van der Waals surface area contributed by atoms with Crippen LogP contribution in [-0.4, -0.2) is 11.1 Å². The Morgan fingerprint density at radius 1 is 1.28 bits per heavy atom. The van der Waals surface area contributed by atoms with Crippen molar-refractivity contribution in [2.45, 2.75) is 6.54 Å². The fourth-order valence-corrected chi connectivity index (χ4v) is 1.98. The van der Waals surface area contributed by atoms with E-state index in [-0.39, 0.29) is 11.4 Å². The van der Waals surface area contributed by atoms with Crippen molar-refractivity contribution in [3.8, 4) is 0 Å². The van der Waals surface area contributed by atoms with Gasteiger partial charge in [0, 0.05) is 29.8 Å². The summed E-state index contributed by atoms with van der Waals surface area (Å²) in [5, 5.41) is 3.08. The molecule has 1 N–H and O–H groups in total. The number of benzene rings is 1. The van der Waals surface area contributed by atoms with E-state index in [1.165, 1.54) is 18.2 Å². The van der Waals surface area contributed by atoms with E-state index in [0.717, 1.165) is 4.47 Å². The molecule has 0 spiro atoms. The minimum absolute atomic E-state index is 0.0439. The van der Waals surface area contributed by atoms with Crippen LogP contribution in [0.3, 0.4) is 0 Å². The average molecular weight is 311 g/mol. The Morgan fingerprint density at radius 2 is 2.11 bits per heavy atom. The van der Waals surface area contributed by atoms with Crippen LogP contribution in [0.1, 0.15) is 0 Å². The number of hydrogen-bond acceptors (Lipinski definition) is 2. The lowest BCUT2D eigenvalue weighted by atomic mass is 10.3. The molecule has 0 aliphatic heterocycles. The number of nitrogens with zero attached hydrogens (tertiary/aromatic N) is 1. The minimum Gasteiger partial charge on any atom is -0.382 e. The van der Waals surface area contributed by atoms with Crippen molar-refractivity contribution < 1.29 is 4.39 Å². The highest BCUT2D eigenvalue weighted by molar-refractivity contribution is 9.10. The second-order valence-corrected chi connectivity index (χ2v) is 4.64. The molecule has 0 aliphatic rings. The molecule has 0 amide bonds. The summed E-state index contributed by atoms with van der Waals surface area (Å²) in [6.07, 6.45) is 1.73. The minimum atomic E-state index is -0.294. The van der Waals surface area contributed by atoms with Gasteiger partial charge in [-0.25, -0.2) is 4.39 Å². The highest BCUT2D eigenvalue weighted by Crippen LogP contribution is 2.22. The molecule has 0 radical (unpaired) electrons. The van der Waals surface area contributed by atoms with Crippen LogP contribution in [-0.2, 0) is 6.54 Å². The molecule has 1 aromatic heterocycles. The maximum absolute atomic E-state index is 13.0. The number of rotatable bonds is 4. The zero-order chi connectivity index (χ0) is 13.0. The fourth-order valence-electron chi connectivity index (χ4n) is 1.59. The molecule has 2 aromatic rings. The smallest absolute Gasteiger partial charge is 0.250 e. The SMILES string of the molecule is O=c1ccccn1CCNc1cc(F)ccc1Br. The molecule has 0 saturated carbocycles. The molecule has 0 saturated heterocycles. The Labute approximate surface area is 112 Å². The molecule has 3 nitrogen and oxygen atoms in total. The first kappa shape index (κ1) is 12.8. The molecular formula is C13H12BrFN2O. The summed E-state index contributed by atoms with van der Waals surface area (Å²) in [5.41, 5.74) is 0.636. The quantitative estimate of drug-likeness (QED) is 0.942. The van der Waals surface area contributed by atoms with E-state index in [4.69, 9.17) is 0 Å². The van der Waals surface area contributed by atoms with Gasteiger partial charge in [-0.3, -0.25) is 4.79 Å². The van der Waals surface area contributed by atoms with Crippen LogP contribution < -0.4 is 10.9 Å². The summed E-state index contributed by atoms with van der Waals surface area (Å²) in [5.74, 6) is -0.294. The van der Waals surface area contributed by atoms with Gasteiger partial charge in [-0.15, -0.1) is 0 Å². The van der Waals surface area contributed by atoms with Crippen LogP contribution >= 0.6 is 15.9 Å². The molecular weight excluding hydrogens is 299 g/mol. The summed E-state index contributed by atoms with van der Waals surface area (Å²) in [4.78, 5) is 11.4. The van der Waals surface area contributed by atoms with Gasteiger partial charge in [0.25, 0.3) is 5.56 Å². The van der Waals surface area contributed by atoms with Gasteiger partial charge in [0.2, 0.25) is 0 Å². The van der Waals surface area contributed by atoms with Crippen molar-refractivity contribution >= 4 is 21.6 Å². The fraction of sp³-hybridized carbons (Fsp3) is 0.154. The summed E-state index contributed by atoms with van der Waals surface area (Å²) in [6.45, 7) is 1.08. The van der Waals surface area contributed by atoms with Crippen LogP contribution in [0, 0.1) is 5.82 Å². The van der Waals surface area contributed by atoms with Gasteiger partial charge < -0.3 is 9.88 Å². The van der Waals surface area contributed by atoms with Crippen molar-refractivity contribution in [2.24, 2.45) is 0 Å². The Kier molecular flexibility index (Phi) is 4.15. The Morgan fingerprint density at radius 3 is 2.89 bits per heavy atom. The molecule has 2 rings (SSSR count). The number of hydrogen-bond donors (Lipinski definition) is 1. The highest BCUT2D eigenvalue weighted by Gasteiger charge is 2.01. The Balaban J connectivity index is 1.99. The van der Waals surface area contributed by atoms with Crippen LogP contribution in [0.4, 0.5) is 10.1 Å². The second-order valence-electron chi connectivity index (χ2n) is 3.78. The lowest BCUT2D eigenvalue weighted by molar-refractivity contribution is 0.627. The van der Waals surface area contributed by atoms with Crippen molar-refractivity contribution in [1.82, 2.24) is 4.57 Å². The van der Waals surface area contributed by atoms with E-state index >= 15 is 0 Å². The predicted molar refractivity (Wildman–Crippen MR) is 73.3 cm³/mol. The zero-order valence-electron chi connectivity index (χ0n) is 9.57. The van der Waals surface area contributed by atoms with Crippen molar-refractivity contribution in [1.29, 1.82) is 0 Å². The summed E-state index contributed by atoms with van der Waals surface area (Å²) in [6, 6.07) is 9.47. The van der Waals surface area contributed by atoms with Gasteiger partial charge in [-0.05, 0) is 40.2 Å². The number of anilines is 1. The van der Waals surface area contributed by atoms with Crippen LogP contribution in [0.5, 0.6) is 0 Å². The summed E-state index contributed by atoms with van der Waals surface area (Å²) >= 11 is 3.33. The maximum Gasteiger partial charge on any atom is 0.250 e. The predicted octanol–water partition coefficient (Wildman–Crippen LogP) is 2.86. The summed E-state index contributed by atoms with van der Waals surface area (Å²) < 4.78 is 15.4. The van der Waals surface area contributed by atoms with Crippen LogP contribution in [0.2, 0.25) is 0 Å². The van der Waals surface area contributed by atoms with E-state index < -0.39 is 0 Å². The molecule has 0 bridgehead atoms. The number of pyridine rings is 1. The lowest BCUT2D eigenvalue weighted by Gasteiger charge is -2.09. The molecule has 1 heterocycles. The van der Waals surface area contributed by atoms with E-state index in [1.807, 2.05) is 0 Å². The summed E-state index contributed by atoms with van der Waals surface area (Å²) in [7, 11) is 0. The normalized spacial score (nSPS) is 10.3. The standard InChI is InChI=1S/C13H12BrFN2O/c14-11-5-4-10(15)9-12(11)16-6-8-17-7-2-1-3-13(17)18/h1-5,7,9,16H,6,8H2. The largest absolute Gasteiger partial charge is 0.382 e. The third-order valence-corrected chi connectivity index (χ3v) is 3.19. The number of aromatic nitrogens is 1. The first-order chi connectivity index (χ1) is 8.66. The Hall–Kier alpha value is -1.62. The van der Waals surface area contributed by atoms with Gasteiger partial charge in [0.15, 0.2) is 0 Å². The van der Waals surface area contributed by atoms with E-state index in [2.05, 4.69) is 21.2 Å². The van der Waals surface area contributed by atoms with Crippen LogP contribution in [0.25, 0.3) is 0 Å². The van der Waals surface area contributed by atoms with Gasteiger partial charge >= 0.3 is 0 Å². The van der Waals surface area contributed by atoms with Gasteiger partial charge in [-0.1, -0.05) is 6.07 Å². The van der Waals surface area contributed by atoms with E-state index in [9.17, 15) is 9.18 Å². The zero-order valence-corrected chi connectivity index (χ0v) is 11.2. The molecule has 18 heavy (non-hydrogen) atoms. The first-order valence-corrected chi connectivity index (χ1v) is 6.30. The van der Waals surface area contributed by atoms with E-state index in [0.29, 0.717) is 18.8 Å². The monoisotopic (exact) mass is 310 g/mol.